The summed E-state index contributed by atoms with van der Waals surface area (Å²) >= 11 is 0. The van der Waals surface area contributed by atoms with Gasteiger partial charge in [-0.2, -0.15) is 5.26 Å². The molecule has 1 unspecified atom stereocenters. The van der Waals surface area contributed by atoms with Gasteiger partial charge in [-0.05, 0) is 38.5 Å². The third-order valence-electron chi connectivity index (χ3n) is 3.07. The van der Waals surface area contributed by atoms with Gasteiger partial charge in [0.05, 0.1) is 6.07 Å². The van der Waals surface area contributed by atoms with Gasteiger partial charge in [0.2, 0.25) is 0 Å². The first kappa shape index (κ1) is 12.5. The number of hydrogen-bond acceptors (Lipinski definition) is 3. The molecule has 0 spiro atoms. The summed E-state index contributed by atoms with van der Waals surface area (Å²) in [5.74, 6) is 0.783. The molecule has 2 N–H and O–H groups in total. The van der Waals surface area contributed by atoms with Gasteiger partial charge >= 0.3 is 0 Å². The molecule has 1 atom stereocenters. The molecule has 0 aromatic carbocycles. The maximum Gasteiger partial charge on any atom is 0.101 e. The second-order valence-corrected chi connectivity index (χ2v) is 4.86. The third-order valence-corrected chi connectivity index (χ3v) is 3.07. The summed E-state index contributed by atoms with van der Waals surface area (Å²) in [6.07, 6.45) is 6.98. The van der Waals surface area contributed by atoms with Crippen molar-refractivity contribution in [2.45, 2.75) is 51.0 Å². The van der Waals surface area contributed by atoms with Gasteiger partial charge in [-0.1, -0.05) is 12.8 Å². The monoisotopic (exact) mass is 210 g/mol. The minimum atomic E-state index is -0.684. The van der Waals surface area contributed by atoms with E-state index >= 15 is 0 Å². The molecule has 1 saturated carbocycles. The van der Waals surface area contributed by atoms with Crippen LogP contribution in [0.2, 0.25) is 0 Å². The van der Waals surface area contributed by atoms with Crippen LogP contribution in [0, 0.1) is 17.2 Å². The summed E-state index contributed by atoms with van der Waals surface area (Å²) in [6.45, 7) is 3.41. The van der Waals surface area contributed by atoms with Gasteiger partial charge in [-0.25, -0.2) is 0 Å². The van der Waals surface area contributed by atoms with Crippen LogP contribution in [0.1, 0.15) is 45.4 Å². The largest absolute Gasteiger partial charge is 0.381 e. The summed E-state index contributed by atoms with van der Waals surface area (Å²) in [5, 5.41) is 8.71. The normalized spacial score (nSPS) is 21.1. The Labute approximate surface area is 92.6 Å². The SMILES string of the molecule is CC(N)(C#N)CCCOCC1CCCC1. The van der Waals surface area contributed by atoms with Crippen LogP contribution in [0.3, 0.4) is 0 Å². The molecule has 1 fully saturated rings. The van der Waals surface area contributed by atoms with E-state index in [1.807, 2.05) is 0 Å². The molecule has 1 rings (SSSR count). The molecule has 0 aromatic heterocycles. The minimum Gasteiger partial charge on any atom is -0.381 e. The molecule has 0 aliphatic heterocycles. The number of nitrogens with two attached hydrogens (primary N) is 1. The summed E-state index contributed by atoms with van der Waals surface area (Å²) in [7, 11) is 0. The highest BCUT2D eigenvalue weighted by atomic mass is 16.5. The van der Waals surface area contributed by atoms with Gasteiger partial charge in [0.1, 0.15) is 5.54 Å². The zero-order valence-electron chi connectivity index (χ0n) is 9.67. The smallest absolute Gasteiger partial charge is 0.101 e. The molecule has 15 heavy (non-hydrogen) atoms. The summed E-state index contributed by atoms with van der Waals surface area (Å²) < 4.78 is 5.59. The fraction of sp³-hybridized carbons (Fsp3) is 0.917. The van der Waals surface area contributed by atoms with E-state index in [-0.39, 0.29) is 0 Å². The van der Waals surface area contributed by atoms with Crippen molar-refractivity contribution in [3.8, 4) is 6.07 Å². The lowest BCUT2D eigenvalue weighted by Crippen LogP contribution is -2.34. The van der Waals surface area contributed by atoms with Crippen LogP contribution >= 0.6 is 0 Å². The van der Waals surface area contributed by atoms with Crippen LogP contribution in [0.15, 0.2) is 0 Å². The zero-order chi connectivity index (χ0) is 11.1. The van der Waals surface area contributed by atoms with Crippen molar-refractivity contribution in [3.05, 3.63) is 0 Å². The second-order valence-electron chi connectivity index (χ2n) is 4.86. The van der Waals surface area contributed by atoms with Crippen LogP contribution in [0.5, 0.6) is 0 Å². The minimum absolute atomic E-state index is 0.684. The fourth-order valence-electron chi connectivity index (χ4n) is 2.02. The van der Waals surface area contributed by atoms with E-state index in [0.29, 0.717) is 6.42 Å². The highest BCUT2D eigenvalue weighted by Gasteiger charge is 2.17. The molecule has 0 heterocycles. The highest BCUT2D eigenvalue weighted by Crippen LogP contribution is 2.24. The van der Waals surface area contributed by atoms with Crippen molar-refractivity contribution in [3.63, 3.8) is 0 Å². The van der Waals surface area contributed by atoms with E-state index in [9.17, 15) is 0 Å². The van der Waals surface area contributed by atoms with Gasteiger partial charge in [-0.3, -0.25) is 0 Å². The van der Waals surface area contributed by atoms with Gasteiger partial charge < -0.3 is 10.5 Å². The number of hydrogen-bond donors (Lipinski definition) is 1. The van der Waals surface area contributed by atoms with Crippen molar-refractivity contribution >= 4 is 0 Å². The summed E-state index contributed by atoms with van der Waals surface area (Å²) in [6, 6.07) is 2.10. The average molecular weight is 210 g/mol. The lowest BCUT2D eigenvalue weighted by atomic mass is 10.00. The number of nitriles is 1. The predicted molar refractivity (Wildman–Crippen MR) is 60.2 cm³/mol. The standard InChI is InChI=1S/C12H22N2O/c1-12(14,10-13)7-4-8-15-9-11-5-2-3-6-11/h11H,2-9,14H2,1H3. The first-order chi connectivity index (χ1) is 7.14. The topological polar surface area (TPSA) is 59.0 Å². The Morgan fingerprint density at radius 3 is 2.73 bits per heavy atom. The lowest BCUT2D eigenvalue weighted by molar-refractivity contribution is 0.0962. The zero-order valence-corrected chi connectivity index (χ0v) is 9.67. The molecule has 3 nitrogen and oxygen atoms in total. The quantitative estimate of drug-likeness (QED) is 0.684. The van der Waals surface area contributed by atoms with E-state index in [2.05, 4.69) is 6.07 Å². The number of rotatable bonds is 6. The molecule has 3 heteroatoms. The fourth-order valence-corrected chi connectivity index (χ4v) is 2.02. The molecule has 86 valence electrons. The number of nitrogens with zero attached hydrogens (tertiary/aromatic N) is 1. The van der Waals surface area contributed by atoms with Crippen LogP contribution in [-0.2, 0) is 4.74 Å². The molecule has 0 saturated heterocycles. The molecular formula is C12H22N2O. The Bertz CT molecular complexity index is 214. The maximum absolute atomic E-state index is 8.71. The van der Waals surface area contributed by atoms with E-state index in [4.69, 9.17) is 15.7 Å². The molecule has 0 aromatic rings. The Morgan fingerprint density at radius 2 is 2.13 bits per heavy atom. The Kier molecular flexibility index (Phi) is 5.07. The van der Waals surface area contributed by atoms with E-state index < -0.39 is 5.54 Å². The van der Waals surface area contributed by atoms with Crippen molar-refractivity contribution < 1.29 is 4.74 Å². The van der Waals surface area contributed by atoms with Crippen molar-refractivity contribution in [1.29, 1.82) is 5.26 Å². The molecular weight excluding hydrogens is 188 g/mol. The van der Waals surface area contributed by atoms with Gasteiger partial charge in [-0.15, -0.1) is 0 Å². The Morgan fingerprint density at radius 1 is 1.47 bits per heavy atom. The average Bonchev–Trinajstić information content (AvgIpc) is 2.70. The van der Waals surface area contributed by atoms with Crippen LogP contribution < -0.4 is 5.73 Å². The van der Waals surface area contributed by atoms with Crippen molar-refractivity contribution in [2.24, 2.45) is 11.7 Å². The van der Waals surface area contributed by atoms with Gasteiger partial charge in [0.15, 0.2) is 0 Å². The summed E-state index contributed by atoms with van der Waals surface area (Å²) in [5.41, 5.74) is 5.02. The van der Waals surface area contributed by atoms with Gasteiger partial charge in [0.25, 0.3) is 0 Å². The van der Waals surface area contributed by atoms with Gasteiger partial charge in [0, 0.05) is 13.2 Å². The predicted octanol–water partition coefficient (Wildman–Crippen LogP) is 2.21. The molecule has 1 aliphatic rings. The van der Waals surface area contributed by atoms with E-state index in [1.165, 1.54) is 25.7 Å². The first-order valence-corrected chi connectivity index (χ1v) is 5.92. The van der Waals surface area contributed by atoms with Crippen LogP contribution in [0.25, 0.3) is 0 Å². The Balaban J connectivity index is 1.95. The third kappa shape index (κ3) is 5.15. The van der Waals surface area contributed by atoms with Crippen molar-refractivity contribution in [2.75, 3.05) is 13.2 Å². The molecule has 0 radical (unpaired) electrons. The molecule has 1 aliphatic carbocycles. The van der Waals surface area contributed by atoms with E-state index in [0.717, 1.165) is 25.6 Å². The summed E-state index contributed by atoms with van der Waals surface area (Å²) in [4.78, 5) is 0. The lowest BCUT2D eigenvalue weighted by Gasteiger charge is -2.15. The number of ether oxygens (including phenoxy) is 1. The van der Waals surface area contributed by atoms with Crippen LogP contribution in [-0.4, -0.2) is 18.8 Å². The van der Waals surface area contributed by atoms with Crippen molar-refractivity contribution in [1.82, 2.24) is 0 Å². The Hall–Kier alpha value is -0.590. The molecule has 0 amide bonds. The molecule has 0 bridgehead atoms. The second kappa shape index (κ2) is 6.09. The highest BCUT2D eigenvalue weighted by molar-refractivity contribution is 5.00. The van der Waals surface area contributed by atoms with E-state index in [1.54, 1.807) is 6.92 Å². The van der Waals surface area contributed by atoms with Crippen LogP contribution in [0.4, 0.5) is 0 Å². The maximum atomic E-state index is 8.71. The first-order valence-electron chi connectivity index (χ1n) is 5.92.